The van der Waals surface area contributed by atoms with Crippen molar-refractivity contribution in [3.63, 3.8) is 0 Å². The van der Waals surface area contributed by atoms with Crippen molar-refractivity contribution in [3.8, 4) is 0 Å². The molecule has 0 aliphatic carbocycles. The molecule has 248 valence electrons. The minimum atomic E-state index is 0.0773. The summed E-state index contributed by atoms with van der Waals surface area (Å²) in [6.07, 6.45) is 0.641. The molecule has 3 heterocycles. The number of hydrogen-bond acceptors (Lipinski definition) is 4. The van der Waals surface area contributed by atoms with Crippen LogP contribution in [0.4, 0.5) is 0 Å². The Morgan fingerprint density at radius 1 is 0.652 bits per heavy atom. The summed E-state index contributed by atoms with van der Waals surface area (Å²) in [6, 6.07) is 11.7. The number of aliphatic imine (C=N–C) groups is 6. The van der Waals surface area contributed by atoms with Gasteiger partial charge in [-0.15, -0.1) is 0 Å². The van der Waals surface area contributed by atoms with Gasteiger partial charge < -0.3 is 59.2 Å². The van der Waals surface area contributed by atoms with E-state index in [0.717, 1.165) is 34.2 Å². The maximum Gasteiger partial charge on any atom is 0.218 e. The third-order valence-corrected chi connectivity index (χ3v) is 6.54. The average Bonchev–Trinajstić information content (AvgIpc) is 3.76. The standard InChI is InChI=1S/C28H46N18/c1-17-5-6-21(39-17)15-45(3)28(34)44-26(32)38-14-20-9-8-19(41-20)13-37-25(31)42-24(30)36-12-11-18-7-10-22(40-18)16-46(4)27(33)43-23(29)35-2/h5-10,39-41H,11-16H2,1-4H3,(H4,29,33,35,43)(H4,32,34,38,44)(H5,30,31,36,37,42). The predicted molar refractivity (Wildman–Crippen MR) is 185 cm³/mol. The first kappa shape index (κ1) is 34.5. The highest BCUT2D eigenvalue weighted by molar-refractivity contribution is 5.97. The number of H-pyrrole nitrogens is 3. The summed E-state index contributed by atoms with van der Waals surface area (Å²) >= 11 is 0. The Kier molecular flexibility index (Phi) is 12.6. The van der Waals surface area contributed by atoms with Crippen molar-refractivity contribution in [1.82, 2.24) is 30.1 Å². The second kappa shape index (κ2) is 16.8. The van der Waals surface area contributed by atoms with Gasteiger partial charge in [0.15, 0.2) is 23.8 Å². The van der Waals surface area contributed by atoms with Crippen LogP contribution in [0, 0.1) is 6.92 Å². The first-order valence-electron chi connectivity index (χ1n) is 14.4. The quantitative estimate of drug-likeness (QED) is 0.0902. The van der Waals surface area contributed by atoms with Crippen molar-refractivity contribution >= 4 is 35.8 Å². The maximum atomic E-state index is 6.07. The first-order chi connectivity index (χ1) is 21.9. The summed E-state index contributed by atoms with van der Waals surface area (Å²) in [6.45, 7) is 4.11. The van der Waals surface area contributed by atoms with E-state index in [4.69, 9.17) is 34.4 Å². The van der Waals surface area contributed by atoms with Crippen LogP contribution in [-0.2, 0) is 32.6 Å². The van der Waals surface area contributed by atoms with Gasteiger partial charge in [-0.25, -0.2) is 9.98 Å². The molecular formula is C28H46N18. The van der Waals surface area contributed by atoms with Crippen molar-refractivity contribution in [2.24, 2.45) is 64.4 Å². The van der Waals surface area contributed by atoms with Gasteiger partial charge in [-0.05, 0) is 43.3 Å². The van der Waals surface area contributed by atoms with Gasteiger partial charge in [0.2, 0.25) is 11.9 Å². The Morgan fingerprint density at radius 3 is 1.76 bits per heavy atom. The number of aromatic nitrogens is 3. The molecule has 0 unspecified atom stereocenters. The van der Waals surface area contributed by atoms with Gasteiger partial charge in [-0.1, -0.05) is 0 Å². The zero-order valence-corrected chi connectivity index (χ0v) is 26.7. The second-order valence-corrected chi connectivity index (χ2v) is 10.4. The van der Waals surface area contributed by atoms with Crippen molar-refractivity contribution in [1.29, 1.82) is 0 Å². The number of nitrogens with one attached hydrogen (secondary N) is 4. The first-order valence-corrected chi connectivity index (χ1v) is 14.4. The topological polar surface area (TPSA) is 296 Å². The Balaban J connectivity index is 1.41. The van der Waals surface area contributed by atoms with E-state index in [1.807, 2.05) is 57.4 Å². The van der Waals surface area contributed by atoms with E-state index in [9.17, 15) is 0 Å². The molecule has 46 heavy (non-hydrogen) atoms. The maximum absolute atomic E-state index is 6.07. The summed E-state index contributed by atoms with van der Waals surface area (Å²) in [5.74, 6) is 1.03. The van der Waals surface area contributed by atoms with Crippen LogP contribution in [0.25, 0.3) is 0 Å². The minimum absolute atomic E-state index is 0.0773. The molecule has 3 aromatic heterocycles. The Labute approximate surface area is 267 Å². The van der Waals surface area contributed by atoms with E-state index in [1.165, 1.54) is 0 Å². The largest absolute Gasteiger partial charge is 0.370 e. The SMILES string of the molecule is CN=C(N)N=C(N)N(C)Cc1ccc(CCN=C(N)NC(N)=NCc2ccc(CN=C(N)N=C(N)N(C)Cc3ccc(C)[nH]3)[nH]2)[nH]1. The molecule has 3 aromatic rings. The van der Waals surface area contributed by atoms with Crippen molar-refractivity contribution in [2.45, 2.75) is 39.5 Å². The molecule has 0 saturated heterocycles. The lowest BCUT2D eigenvalue weighted by Crippen LogP contribution is -2.41. The van der Waals surface area contributed by atoms with E-state index < -0.39 is 0 Å². The average molecular weight is 635 g/mol. The number of nitrogens with two attached hydrogens (primary N) is 6. The summed E-state index contributed by atoms with van der Waals surface area (Å²) in [4.78, 5) is 38.3. The fourth-order valence-corrected chi connectivity index (χ4v) is 4.07. The molecule has 0 radical (unpaired) electrons. The Bertz CT molecular complexity index is 1600. The zero-order chi connectivity index (χ0) is 33.6. The molecule has 0 aliphatic rings. The third kappa shape index (κ3) is 11.6. The molecule has 0 atom stereocenters. The van der Waals surface area contributed by atoms with Crippen molar-refractivity contribution in [2.75, 3.05) is 27.7 Å². The van der Waals surface area contributed by atoms with Gasteiger partial charge in [-0.2, -0.15) is 9.98 Å². The molecule has 0 spiro atoms. The van der Waals surface area contributed by atoms with E-state index in [-0.39, 0.29) is 35.8 Å². The van der Waals surface area contributed by atoms with Crippen molar-refractivity contribution < 1.29 is 0 Å². The lowest BCUT2D eigenvalue weighted by molar-refractivity contribution is 0.488. The molecule has 18 heteroatoms. The number of guanidine groups is 6. The lowest BCUT2D eigenvalue weighted by atomic mass is 10.3. The fraction of sp³-hybridized carbons (Fsp3) is 0.357. The molecule has 0 amide bonds. The van der Waals surface area contributed by atoms with E-state index in [0.29, 0.717) is 39.1 Å². The second-order valence-electron chi connectivity index (χ2n) is 10.4. The summed E-state index contributed by atoms with van der Waals surface area (Å²) in [7, 11) is 5.19. The van der Waals surface area contributed by atoms with Crippen LogP contribution < -0.4 is 39.7 Å². The summed E-state index contributed by atoms with van der Waals surface area (Å²) in [5.41, 5.74) is 41.3. The Hall–Kier alpha value is -5.94. The van der Waals surface area contributed by atoms with Crippen molar-refractivity contribution in [3.05, 3.63) is 70.6 Å². The van der Waals surface area contributed by atoms with Gasteiger partial charge in [-0.3, -0.25) is 15.3 Å². The van der Waals surface area contributed by atoms with Gasteiger partial charge in [0.25, 0.3) is 0 Å². The molecule has 3 rings (SSSR count). The van der Waals surface area contributed by atoms with Gasteiger partial charge >= 0.3 is 0 Å². The molecule has 0 aromatic carbocycles. The highest BCUT2D eigenvalue weighted by Crippen LogP contribution is 2.07. The minimum Gasteiger partial charge on any atom is -0.370 e. The van der Waals surface area contributed by atoms with E-state index in [2.05, 4.69) is 50.2 Å². The summed E-state index contributed by atoms with van der Waals surface area (Å²) < 4.78 is 0. The molecule has 0 fully saturated rings. The van der Waals surface area contributed by atoms with Crippen LogP contribution in [0.5, 0.6) is 0 Å². The molecule has 16 N–H and O–H groups in total. The highest BCUT2D eigenvalue weighted by Gasteiger charge is 2.08. The number of nitrogens with zero attached hydrogens (tertiary/aromatic N) is 8. The normalized spacial score (nSPS) is 13.7. The van der Waals surface area contributed by atoms with Gasteiger partial charge in [0, 0.05) is 68.3 Å². The number of aromatic amines is 3. The molecule has 0 bridgehead atoms. The smallest absolute Gasteiger partial charge is 0.218 e. The van der Waals surface area contributed by atoms with Gasteiger partial charge in [0.05, 0.1) is 26.2 Å². The molecular weight excluding hydrogens is 588 g/mol. The number of hydrogen-bond donors (Lipinski definition) is 10. The monoisotopic (exact) mass is 634 g/mol. The Morgan fingerprint density at radius 2 is 1.15 bits per heavy atom. The van der Waals surface area contributed by atoms with Crippen LogP contribution in [0.1, 0.15) is 34.2 Å². The predicted octanol–water partition coefficient (Wildman–Crippen LogP) is -1.11. The molecule has 0 aliphatic heterocycles. The summed E-state index contributed by atoms with van der Waals surface area (Å²) in [5, 5.41) is 2.80. The lowest BCUT2D eigenvalue weighted by Gasteiger charge is -2.16. The van der Waals surface area contributed by atoms with Crippen LogP contribution in [-0.4, -0.2) is 88.2 Å². The zero-order valence-electron chi connectivity index (χ0n) is 26.7. The van der Waals surface area contributed by atoms with E-state index >= 15 is 0 Å². The fourth-order valence-electron chi connectivity index (χ4n) is 4.07. The number of rotatable bonds is 11. The third-order valence-electron chi connectivity index (χ3n) is 6.54. The van der Waals surface area contributed by atoms with Crippen LogP contribution in [0.3, 0.4) is 0 Å². The highest BCUT2D eigenvalue weighted by atomic mass is 15.3. The van der Waals surface area contributed by atoms with Crippen LogP contribution in [0.2, 0.25) is 0 Å². The van der Waals surface area contributed by atoms with Crippen LogP contribution in [0.15, 0.2) is 66.4 Å². The molecule has 18 nitrogen and oxygen atoms in total. The molecule has 0 saturated carbocycles. The van der Waals surface area contributed by atoms with E-state index in [1.54, 1.807) is 16.8 Å². The van der Waals surface area contributed by atoms with Crippen LogP contribution >= 0.6 is 0 Å². The number of aryl methyl sites for hydroxylation is 1. The van der Waals surface area contributed by atoms with Gasteiger partial charge in [0.1, 0.15) is 0 Å².